The van der Waals surface area contributed by atoms with Gasteiger partial charge in [0.05, 0.1) is 41.7 Å². The Kier molecular flexibility index (Phi) is 11.4. The largest absolute Gasteiger partial charge is 0.489 e. The van der Waals surface area contributed by atoms with Crippen LogP contribution in [0.2, 0.25) is 0 Å². The van der Waals surface area contributed by atoms with Crippen LogP contribution in [-0.2, 0) is 35.1 Å². The Balaban J connectivity index is 1.60. The number of aromatic nitrogens is 2. The van der Waals surface area contributed by atoms with E-state index >= 15 is 0 Å². The van der Waals surface area contributed by atoms with Crippen molar-refractivity contribution in [3.8, 4) is 22.7 Å². The number of dihydropyridines is 1. The van der Waals surface area contributed by atoms with Gasteiger partial charge in [-0.15, -0.1) is 0 Å². The van der Waals surface area contributed by atoms with E-state index in [2.05, 4.69) is 5.32 Å². The molecule has 0 spiro atoms. The average Bonchev–Trinajstić information content (AvgIpc) is 3.54. The Morgan fingerprint density at radius 3 is 1.96 bits per heavy atom. The Morgan fingerprint density at radius 1 is 0.792 bits per heavy atom. The summed E-state index contributed by atoms with van der Waals surface area (Å²) in [7, 11) is 3.04. The summed E-state index contributed by atoms with van der Waals surface area (Å²) in [6.07, 6.45) is 1.81. The Hall–Kier alpha value is -5.26. The molecule has 10 nitrogen and oxygen atoms in total. The zero-order valence-corrected chi connectivity index (χ0v) is 27.3. The van der Waals surface area contributed by atoms with E-state index in [0.717, 1.165) is 5.69 Å². The second-order valence-electron chi connectivity index (χ2n) is 11.0. The van der Waals surface area contributed by atoms with Gasteiger partial charge in [-0.05, 0) is 56.3 Å². The molecule has 3 aromatic carbocycles. The number of hydrogen-bond acceptors (Lipinski definition) is 9. The number of ether oxygens (including phenoxy) is 5. The third-order valence-corrected chi connectivity index (χ3v) is 7.80. The minimum Gasteiger partial charge on any atom is -0.489 e. The molecule has 0 bridgehead atoms. The molecule has 1 aliphatic heterocycles. The van der Waals surface area contributed by atoms with Gasteiger partial charge in [0, 0.05) is 48.5 Å². The molecule has 1 aromatic heterocycles. The number of benzene rings is 3. The molecule has 0 radical (unpaired) electrons. The zero-order valence-electron chi connectivity index (χ0n) is 27.3. The number of methoxy groups -OCH3 is 2. The molecule has 1 aliphatic rings. The van der Waals surface area contributed by atoms with E-state index in [9.17, 15) is 14.0 Å². The van der Waals surface area contributed by atoms with Gasteiger partial charge in [-0.1, -0.05) is 36.4 Å². The maximum atomic E-state index is 14.2. The zero-order chi connectivity index (χ0) is 34.0. The summed E-state index contributed by atoms with van der Waals surface area (Å²) < 4.78 is 43.1. The first kappa shape index (κ1) is 34.1. The number of esters is 2. The molecule has 1 N–H and O–H groups in total. The van der Waals surface area contributed by atoms with Gasteiger partial charge in [0.1, 0.15) is 31.4 Å². The minimum absolute atomic E-state index is 0.0274. The first-order chi connectivity index (χ1) is 23.3. The highest BCUT2D eigenvalue weighted by molar-refractivity contribution is 6.00. The minimum atomic E-state index is -0.902. The van der Waals surface area contributed by atoms with Crippen molar-refractivity contribution in [2.75, 3.05) is 40.6 Å². The molecule has 0 aliphatic carbocycles. The highest BCUT2D eigenvalue weighted by Gasteiger charge is 2.40. The highest BCUT2D eigenvalue weighted by atomic mass is 19.1. The van der Waals surface area contributed by atoms with Crippen LogP contribution in [0.3, 0.4) is 0 Å². The summed E-state index contributed by atoms with van der Waals surface area (Å²) in [5, 5.41) is 8.15. The lowest BCUT2D eigenvalue weighted by atomic mass is 9.79. The van der Waals surface area contributed by atoms with Crippen LogP contribution in [0.1, 0.15) is 30.9 Å². The van der Waals surface area contributed by atoms with Gasteiger partial charge in [0.2, 0.25) is 0 Å². The van der Waals surface area contributed by atoms with Crippen molar-refractivity contribution in [2.45, 2.75) is 26.4 Å². The summed E-state index contributed by atoms with van der Waals surface area (Å²) in [4.78, 5) is 27.5. The molecule has 0 amide bonds. The van der Waals surface area contributed by atoms with E-state index in [1.807, 2.05) is 48.7 Å². The highest BCUT2D eigenvalue weighted by Crippen LogP contribution is 2.43. The van der Waals surface area contributed by atoms with Crippen LogP contribution in [0.5, 0.6) is 5.75 Å². The summed E-state index contributed by atoms with van der Waals surface area (Å²) in [6, 6.07) is 23.2. The molecule has 48 heavy (non-hydrogen) atoms. The number of nitrogens with zero attached hydrogens (tertiary/aromatic N) is 2. The standard InChI is InChI=1S/C37H38FN3O7/c1-24-32(36(42)46-20-18-44-3)34(33(25(2)39-24)37(43)47-21-19-45-4)30-22-41(28-11-6-5-7-12-28)40-35(30)26-14-16-29(17-15-26)48-23-27-10-8-9-13-31(27)38/h5-17,22,34,39H,18-21,23H2,1-4H3. The molecule has 0 fully saturated rings. The van der Waals surface area contributed by atoms with Crippen molar-refractivity contribution in [1.82, 2.24) is 15.1 Å². The normalized spacial score (nSPS) is 13.4. The predicted molar refractivity (Wildman–Crippen MR) is 177 cm³/mol. The van der Waals surface area contributed by atoms with Crippen molar-refractivity contribution in [3.63, 3.8) is 0 Å². The van der Waals surface area contributed by atoms with Crippen molar-refractivity contribution in [1.29, 1.82) is 0 Å². The number of allylic oxidation sites excluding steroid dienone is 2. The molecule has 4 aromatic rings. The number of carbonyl (C=O) groups is 2. The van der Waals surface area contributed by atoms with Gasteiger partial charge >= 0.3 is 11.9 Å². The predicted octanol–water partition coefficient (Wildman–Crippen LogP) is 5.87. The Bertz CT molecular complexity index is 1760. The van der Waals surface area contributed by atoms with Crippen LogP contribution in [-0.4, -0.2) is 62.4 Å². The van der Waals surface area contributed by atoms with Crippen LogP contribution in [0.4, 0.5) is 4.39 Å². The van der Waals surface area contributed by atoms with Gasteiger partial charge in [0.15, 0.2) is 0 Å². The fourth-order valence-electron chi connectivity index (χ4n) is 5.46. The first-order valence-corrected chi connectivity index (χ1v) is 15.4. The first-order valence-electron chi connectivity index (χ1n) is 15.4. The van der Waals surface area contributed by atoms with E-state index < -0.39 is 17.9 Å². The van der Waals surface area contributed by atoms with Crippen LogP contribution in [0.25, 0.3) is 16.9 Å². The van der Waals surface area contributed by atoms with Crippen molar-refractivity contribution in [2.24, 2.45) is 0 Å². The van der Waals surface area contributed by atoms with E-state index in [0.29, 0.717) is 39.5 Å². The number of carbonyl (C=O) groups excluding carboxylic acids is 2. The molecule has 0 unspecified atom stereocenters. The summed E-state index contributed by atoms with van der Waals surface area (Å²) >= 11 is 0. The quantitative estimate of drug-likeness (QED) is 0.132. The van der Waals surface area contributed by atoms with E-state index in [4.69, 9.17) is 28.8 Å². The smallest absolute Gasteiger partial charge is 0.336 e. The molecule has 250 valence electrons. The SMILES string of the molecule is COCCOC(=O)C1=C(C)NC(C)=C(C(=O)OCCOC)C1c1cn(-c2ccccc2)nc1-c1ccc(OCc2ccccc2F)cc1. The van der Waals surface area contributed by atoms with Crippen LogP contribution >= 0.6 is 0 Å². The van der Waals surface area contributed by atoms with Crippen molar-refractivity contribution >= 4 is 11.9 Å². The third-order valence-electron chi connectivity index (χ3n) is 7.80. The molecule has 0 saturated carbocycles. The number of halogens is 1. The summed E-state index contributed by atoms with van der Waals surface area (Å²) in [6.45, 7) is 4.06. The number of hydrogen-bond donors (Lipinski definition) is 1. The average molecular weight is 656 g/mol. The van der Waals surface area contributed by atoms with Crippen molar-refractivity contribution in [3.05, 3.63) is 125 Å². The number of nitrogens with one attached hydrogen (secondary N) is 1. The number of rotatable bonds is 14. The molecule has 5 rings (SSSR count). The maximum absolute atomic E-state index is 14.2. The van der Waals surface area contributed by atoms with Gasteiger partial charge in [-0.3, -0.25) is 0 Å². The Labute approximate surface area is 278 Å². The third kappa shape index (κ3) is 7.81. The van der Waals surface area contributed by atoms with Crippen LogP contribution < -0.4 is 10.1 Å². The monoisotopic (exact) mass is 655 g/mol. The van der Waals surface area contributed by atoms with Gasteiger partial charge in [-0.2, -0.15) is 5.10 Å². The molecular weight excluding hydrogens is 617 g/mol. The molecular formula is C37H38FN3O7. The molecule has 2 heterocycles. The van der Waals surface area contributed by atoms with Gasteiger partial charge in [-0.25, -0.2) is 18.7 Å². The summed E-state index contributed by atoms with van der Waals surface area (Å²) in [5.41, 5.74) is 4.57. The summed E-state index contributed by atoms with van der Waals surface area (Å²) in [5.74, 6) is -1.92. The van der Waals surface area contributed by atoms with E-state index in [1.54, 1.807) is 48.9 Å². The van der Waals surface area contributed by atoms with Gasteiger partial charge < -0.3 is 29.0 Å². The van der Waals surface area contributed by atoms with Crippen LogP contribution in [0.15, 0.2) is 108 Å². The van der Waals surface area contributed by atoms with Gasteiger partial charge in [0.25, 0.3) is 0 Å². The lowest BCUT2D eigenvalue weighted by Gasteiger charge is -2.30. The second kappa shape index (κ2) is 16.0. The van der Waals surface area contributed by atoms with Crippen LogP contribution in [0, 0.1) is 5.82 Å². The second-order valence-corrected chi connectivity index (χ2v) is 11.0. The molecule has 0 saturated heterocycles. The molecule has 0 atom stereocenters. The maximum Gasteiger partial charge on any atom is 0.336 e. The fourth-order valence-corrected chi connectivity index (χ4v) is 5.46. The lowest BCUT2D eigenvalue weighted by molar-refractivity contribution is -0.141. The molecule has 11 heteroatoms. The van der Waals surface area contributed by atoms with E-state index in [-0.39, 0.29) is 50.0 Å². The lowest BCUT2D eigenvalue weighted by Crippen LogP contribution is -2.33. The Morgan fingerprint density at radius 2 is 1.38 bits per heavy atom. The number of para-hydroxylation sites is 1. The van der Waals surface area contributed by atoms with Crippen molar-refractivity contribution < 1.29 is 37.7 Å². The fraction of sp³-hybridized carbons (Fsp3) is 0.270. The van der Waals surface area contributed by atoms with E-state index in [1.165, 1.54) is 20.3 Å². The topological polar surface area (TPSA) is 110 Å².